The molecule has 1 unspecified atom stereocenters. The van der Waals surface area contributed by atoms with E-state index in [0.717, 1.165) is 18.7 Å². The maximum atomic E-state index is 12.4. The minimum atomic E-state index is -4.51. The van der Waals surface area contributed by atoms with E-state index in [1.165, 1.54) is 0 Å². The van der Waals surface area contributed by atoms with Crippen molar-refractivity contribution >= 4 is 11.9 Å². The highest BCUT2D eigenvalue weighted by molar-refractivity contribution is 5.81. The SMILES string of the molecule is CCCC(N)C(=O)NCCNc1nccc(C(F)(F)F)n1. The van der Waals surface area contributed by atoms with E-state index in [4.69, 9.17) is 5.73 Å². The molecule has 0 spiro atoms. The quantitative estimate of drug-likeness (QED) is 0.657. The number of rotatable bonds is 7. The summed E-state index contributed by atoms with van der Waals surface area (Å²) in [6.45, 7) is 2.33. The molecule has 0 aromatic carbocycles. The third kappa shape index (κ3) is 5.94. The standard InChI is InChI=1S/C12H18F3N5O/c1-2-3-8(16)10(21)17-6-7-19-11-18-5-4-9(20-11)12(13,14)15/h4-5,8H,2-3,6-7,16H2,1H3,(H,17,21)(H,18,19,20). The molecule has 0 aliphatic carbocycles. The van der Waals surface area contributed by atoms with E-state index in [2.05, 4.69) is 20.6 Å². The lowest BCUT2D eigenvalue weighted by Gasteiger charge is -2.12. The lowest BCUT2D eigenvalue weighted by molar-refractivity contribution is -0.141. The van der Waals surface area contributed by atoms with Crippen molar-refractivity contribution in [1.82, 2.24) is 15.3 Å². The molecule has 0 bridgehead atoms. The molecule has 0 radical (unpaired) electrons. The van der Waals surface area contributed by atoms with E-state index in [-0.39, 0.29) is 24.9 Å². The minimum absolute atomic E-state index is 0.142. The number of hydrogen-bond donors (Lipinski definition) is 3. The molecule has 1 aromatic heterocycles. The zero-order valence-electron chi connectivity index (χ0n) is 11.6. The molecule has 1 atom stereocenters. The molecule has 1 heterocycles. The van der Waals surface area contributed by atoms with Gasteiger partial charge in [-0.25, -0.2) is 9.97 Å². The number of nitrogens with one attached hydrogen (secondary N) is 2. The monoisotopic (exact) mass is 305 g/mol. The lowest BCUT2D eigenvalue weighted by Crippen LogP contribution is -2.42. The van der Waals surface area contributed by atoms with Gasteiger partial charge in [0.15, 0.2) is 0 Å². The van der Waals surface area contributed by atoms with Crippen LogP contribution < -0.4 is 16.4 Å². The zero-order chi connectivity index (χ0) is 15.9. The summed E-state index contributed by atoms with van der Waals surface area (Å²) in [5.74, 6) is -0.430. The molecule has 9 heteroatoms. The molecule has 21 heavy (non-hydrogen) atoms. The van der Waals surface area contributed by atoms with Gasteiger partial charge in [-0.3, -0.25) is 4.79 Å². The van der Waals surface area contributed by atoms with Gasteiger partial charge in [-0.1, -0.05) is 13.3 Å². The Labute approximate surface area is 120 Å². The number of nitrogens with zero attached hydrogens (tertiary/aromatic N) is 2. The van der Waals surface area contributed by atoms with Crippen LogP contribution in [0.3, 0.4) is 0 Å². The number of amides is 1. The summed E-state index contributed by atoms with van der Waals surface area (Å²) in [5, 5.41) is 5.18. The van der Waals surface area contributed by atoms with Crippen molar-refractivity contribution in [2.45, 2.75) is 32.0 Å². The van der Waals surface area contributed by atoms with Gasteiger partial charge in [0.25, 0.3) is 0 Å². The first kappa shape index (κ1) is 17.2. The van der Waals surface area contributed by atoms with Crippen molar-refractivity contribution in [3.05, 3.63) is 18.0 Å². The van der Waals surface area contributed by atoms with Crippen LogP contribution in [0.2, 0.25) is 0 Å². The third-order valence-corrected chi connectivity index (χ3v) is 2.59. The smallest absolute Gasteiger partial charge is 0.353 e. The summed E-state index contributed by atoms with van der Waals surface area (Å²) in [5.41, 5.74) is 4.59. The predicted molar refractivity (Wildman–Crippen MR) is 71.4 cm³/mol. The maximum absolute atomic E-state index is 12.4. The Morgan fingerprint density at radius 1 is 1.43 bits per heavy atom. The summed E-state index contributed by atoms with van der Waals surface area (Å²) >= 11 is 0. The largest absolute Gasteiger partial charge is 0.433 e. The number of anilines is 1. The van der Waals surface area contributed by atoms with Crippen LogP contribution in [0.5, 0.6) is 0 Å². The Kier molecular flexibility index (Phi) is 6.35. The normalized spacial score (nSPS) is 12.8. The van der Waals surface area contributed by atoms with Crippen LogP contribution in [0.4, 0.5) is 19.1 Å². The van der Waals surface area contributed by atoms with Crippen LogP contribution in [-0.2, 0) is 11.0 Å². The third-order valence-electron chi connectivity index (χ3n) is 2.59. The maximum Gasteiger partial charge on any atom is 0.433 e. The van der Waals surface area contributed by atoms with Gasteiger partial charge in [0.1, 0.15) is 5.69 Å². The van der Waals surface area contributed by atoms with E-state index in [0.29, 0.717) is 6.42 Å². The van der Waals surface area contributed by atoms with Crippen molar-refractivity contribution in [1.29, 1.82) is 0 Å². The second-order valence-electron chi connectivity index (χ2n) is 4.38. The Morgan fingerprint density at radius 3 is 2.76 bits per heavy atom. The van der Waals surface area contributed by atoms with Gasteiger partial charge in [0, 0.05) is 19.3 Å². The molecule has 118 valence electrons. The van der Waals surface area contributed by atoms with Crippen molar-refractivity contribution in [2.24, 2.45) is 5.73 Å². The van der Waals surface area contributed by atoms with Gasteiger partial charge in [-0.15, -0.1) is 0 Å². The van der Waals surface area contributed by atoms with Crippen LogP contribution in [-0.4, -0.2) is 35.0 Å². The first-order chi connectivity index (χ1) is 9.84. The fourth-order valence-electron chi connectivity index (χ4n) is 1.53. The van der Waals surface area contributed by atoms with Crippen molar-refractivity contribution < 1.29 is 18.0 Å². The second-order valence-corrected chi connectivity index (χ2v) is 4.38. The van der Waals surface area contributed by atoms with E-state index < -0.39 is 17.9 Å². The molecule has 1 aromatic rings. The summed E-state index contributed by atoms with van der Waals surface area (Å²) in [4.78, 5) is 18.5. The topological polar surface area (TPSA) is 92.9 Å². The molecular formula is C12H18F3N5O. The van der Waals surface area contributed by atoms with Crippen LogP contribution >= 0.6 is 0 Å². The van der Waals surface area contributed by atoms with Gasteiger partial charge in [0.2, 0.25) is 11.9 Å². The van der Waals surface area contributed by atoms with Crippen molar-refractivity contribution in [2.75, 3.05) is 18.4 Å². The van der Waals surface area contributed by atoms with Gasteiger partial charge < -0.3 is 16.4 Å². The number of aromatic nitrogens is 2. The number of carbonyl (C=O) groups is 1. The molecule has 6 nitrogen and oxygen atoms in total. The fraction of sp³-hybridized carbons (Fsp3) is 0.583. The Balaban J connectivity index is 2.38. The first-order valence-corrected chi connectivity index (χ1v) is 6.52. The van der Waals surface area contributed by atoms with E-state index >= 15 is 0 Å². The molecule has 4 N–H and O–H groups in total. The average molecular weight is 305 g/mol. The fourth-order valence-corrected chi connectivity index (χ4v) is 1.53. The molecule has 0 aliphatic rings. The first-order valence-electron chi connectivity index (χ1n) is 6.52. The molecule has 0 saturated heterocycles. The van der Waals surface area contributed by atoms with Gasteiger partial charge >= 0.3 is 6.18 Å². The summed E-state index contributed by atoms with van der Waals surface area (Å²) in [6, 6.07) is 0.219. The van der Waals surface area contributed by atoms with E-state index in [1.54, 1.807) is 0 Å². The molecule has 0 aliphatic heterocycles. The molecular weight excluding hydrogens is 287 g/mol. The highest BCUT2D eigenvalue weighted by Crippen LogP contribution is 2.27. The number of hydrogen-bond acceptors (Lipinski definition) is 5. The Morgan fingerprint density at radius 2 is 2.14 bits per heavy atom. The summed E-state index contributed by atoms with van der Waals surface area (Å²) in [6.07, 6.45) is -2.12. The summed E-state index contributed by atoms with van der Waals surface area (Å²) < 4.78 is 37.3. The second kappa shape index (κ2) is 7.77. The van der Waals surface area contributed by atoms with Crippen LogP contribution in [0.1, 0.15) is 25.5 Å². The van der Waals surface area contributed by atoms with E-state index in [9.17, 15) is 18.0 Å². The number of alkyl halides is 3. The molecule has 1 amide bonds. The van der Waals surface area contributed by atoms with Crippen molar-refractivity contribution in [3.8, 4) is 0 Å². The Bertz CT molecular complexity index is 466. The predicted octanol–water partition coefficient (Wildman–Crippen LogP) is 1.15. The summed E-state index contributed by atoms with van der Waals surface area (Å²) in [7, 11) is 0. The molecule has 1 rings (SSSR count). The highest BCUT2D eigenvalue weighted by atomic mass is 19.4. The Hall–Kier alpha value is -1.90. The van der Waals surface area contributed by atoms with Gasteiger partial charge in [-0.2, -0.15) is 13.2 Å². The molecule has 0 saturated carbocycles. The number of nitrogens with two attached hydrogens (primary N) is 1. The van der Waals surface area contributed by atoms with Crippen LogP contribution in [0.15, 0.2) is 12.3 Å². The number of carbonyl (C=O) groups excluding carboxylic acids is 1. The van der Waals surface area contributed by atoms with Crippen molar-refractivity contribution in [3.63, 3.8) is 0 Å². The molecule has 0 fully saturated rings. The minimum Gasteiger partial charge on any atom is -0.353 e. The van der Waals surface area contributed by atoms with Crippen LogP contribution in [0.25, 0.3) is 0 Å². The van der Waals surface area contributed by atoms with Gasteiger partial charge in [0.05, 0.1) is 6.04 Å². The van der Waals surface area contributed by atoms with E-state index in [1.807, 2.05) is 6.92 Å². The van der Waals surface area contributed by atoms with Crippen LogP contribution in [0, 0.1) is 0 Å². The highest BCUT2D eigenvalue weighted by Gasteiger charge is 2.32. The number of halogens is 3. The zero-order valence-corrected chi connectivity index (χ0v) is 11.6. The average Bonchev–Trinajstić information content (AvgIpc) is 2.43. The lowest BCUT2D eigenvalue weighted by atomic mass is 10.2. The van der Waals surface area contributed by atoms with Gasteiger partial charge in [-0.05, 0) is 12.5 Å².